The van der Waals surface area contributed by atoms with Gasteiger partial charge >= 0.3 is 6.03 Å². The molecule has 0 bridgehead atoms. The van der Waals surface area contributed by atoms with E-state index in [4.69, 9.17) is 17.3 Å². The molecule has 1 aromatic carbocycles. The van der Waals surface area contributed by atoms with E-state index < -0.39 is 5.91 Å². The molecule has 0 aliphatic heterocycles. The highest BCUT2D eigenvalue weighted by atomic mass is 35.5. The number of amides is 3. The van der Waals surface area contributed by atoms with Crippen molar-refractivity contribution in [2.45, 2.75) is 29.7 Å². The number of anilines is 1. The average Bonchev–Trinajstić information content (AvgIpc) is 3.29. The molecule has 1 fully saturated rings. The molecule has 1 aliphatic carbocycles. The maximum atomic E-state index is 12.2. The number of nitrogens with one attached hydrogen (secondary N) is 1. The van der Waals surface area contributed by atoms with Crippen molar-refractivity contribution in [2.24, 2.45) is 5.73 Å². The van der Waals surface area contributed by atoms with E-state index >= 15 is 0 Å². The fourth-order valence-electron chi connectivity index (χ4n) is 2.13. The maximum absolute atomic E-state index is 12.2. The number of thioether (sulfide) groups is 1. The minimum Gasteiger partial charge on any atom is -0.365 e. The minimum atomic E-state index is -0.589. The van der Waals surface area contributed by atoms with E-state index in [1.54, 1.807) is 7.05 Å². The maximum Gasteiger partial charge on any atom is 0.322 e. The van der Waals surface area contributed by atoms with E-state index in [0.29, 0.717) is 20.8 Å². The van der Waals surface area contributed by atoms with Gasteiger partial charge < -0.3 is 11.1 Å². The summed E-state index contributed by atoms with van der Waals surface area (Å²) in [6, 6.07) is 7.45. The molecule has 1 saturated carbocycles. The van der Waals surface area contributed by atoms with Crippen LogP contribution in [0, 0.1) is 0 Å². The van der Waals surface area contributed by atoms with Crippen LogP contribution in [-0.4, -0.2) is 29.4 Å². The molecular weight excluding hydrogens is 380 g/mol. The first-order valence-electron chi connectivity index (χ1n) is 7.66. The molecule has 1 heterocycles. The van der Waals surface area contributed by atoms with Crippen molar-refractivity contribution in [1.82, 2.24) is 9.69 Å². The molecule has 9 heteroatoms. The molecule has 0 saturated heterocycles. The first-order chi connectivity index (χ1) is 12.0. The van der Waals surface area contributed by atoms with Crippen LogP contribution in [0.3, 0.4) is 0 Å². The number of nitrogens with zero attached hydrogens (tertiary/aromatic N) is 2. The van der Waals surface area contributed by atoms with Crippen LogP contribution in [0.1, 0.15) is 28.8 Å². The van der Waals surface area contributed by atoms with Crippen molar-refractivity contribution in [3.8, 4) is 0 Å². The lowest BCUT2D eigenvalue weighted by Gasteiger charge is -2.16. The van der Waals surface area contributed by atoms with E-state index in [1.807, 2.05) is 24.3 Å². The highest BCUT2D eigenvalue weighted by molar-refractivity contribution is 7.98. The highest BCUT2D eigenvalue weighted by Gasteiger charge is 2.29. The zero-order valence-corrected chi connectivity index (χ0v) is 15.9. The summed E-state index contributed by atoms with van der Waals surface area (Å²) in [5, 5.41) is 4.56. The van der Waals surface area contributed by atoms with Crippen LogP contribution in [0.4, 0.5) is 9.80 Å². The minimum absolute atomic E-state index is 0.235. The Morgan fingerprint density at radius 3 is 2.68 bits per heavy atom. The number of benzene rings is 1. The smallest absolute Gasteiger partial charge is 0.322 e. The van der Waals surface area contributed by atoms with Gasteiger partial charge in [-0.05, 0) is 42.1 Å². The van der Waals surface area contributed by atoms with Crippen molar-refractivity contribution in [1.29, 1.82) is 0 Å². The van der Waals surface area contributed by atoms with Gasteiger partial charge in [-0.1, -0.05) is 35.5 Å². The van der Waals surface area contributed by atoms with Crippen LogP contribution >= 0.6 is 34.9 Å². The molecule has 3 amide bonds. The van der Waals surface area contributed by atoms with E-state index in [0.717, 1.165) is 29.9 Å². The first-order valence-corrected chi connectivity index (χ1v) is 9.80. The van der Waals surface area contributed by atoms with Crippen LogP contribution in [0.5, 0.6) is 0 Å². The second-order valence-corrected chi connectivity index (χ2v) is 7.88. The number of halogens is 1. The number of carbonyl (C=O) groups is 2. The van der Waals surface area contributed by atoms with Crippen LogP contribution in [-0.2, 0) is 5.75 Å². The Balaban J connectivity index is 1.75. The number of nitrogens with two attached hydrogens (primary N) is 1. The molecule has 3 rings (SSSR count). The van der Waals surface area contributed by atoms with E-state index in [2.05, 4.69) is 9.69 Å². The van der Waals surface area contributed by atoms with Gasteiger partial charge in [0.25, 0.3) is 5.91 Å². The quantitative estimate of drug-likeness (QED) is 0.731. The van der Waals surface area contributed by atoms with Gasteiger partial charge in [-0.15, -0.1) is 0 Å². The van der Waals surface area contributed by atoms with Gasteiger partial charge in [0, 0.05) is 23.9 Å². The van der Waals surface area contributed by atoms with E-state index in [-0.39, 0.29) is 17.6 Å². The Morgan fingerprint density at radius 1 is 1.40 bits per heavy atom. The third-order valence-corrected chi connectivity index (χ3v) is 6.03. The molecular formula is C16H17ClN4O2S2. The van der Waals surface area contributed by atoms with Gasteiger partial charge in [-0.3, -0.25) is 9.69 Å². The lowest BCUT2D eigenvalue weighted by molar-refractivity contribution is 0.0998. The Bertz CT molecular complexity index is 790. The fourth-order valence-corrected chi connectivity index (χ4v) is 4.23. The summed E-state index contributed by atoms with van der Waals surface area (Å²) < 4.78 is 4.32. The number of hydrogen-bond acceptors (Lipinski definition) is 5. The molecule has 0 spiro atoms. The molecule has 6 nitrogen and oxygen atoms in total. The molecule has 1 aromatic heterocycles. The predicted octanol–water partition coefficient (Wildman–Crippen LogP) is 3.50. The van der Waals surface area contributed by atoms with Gasteiger partial charge in [0.1, 0.15) is 15.6 Å². The number of hydrogen-bond donors (Lipinski definition) is 2. The number of primary amides is 1. The van der Waals surface area contributed by atoms with Gasteiger partial charge in [-0.25, -0.2) is 4.79 Å². The summed E-state index contributed by atoms with van der Waals surface area (Å²) in [6.07, 6.45) is 1.99. The zero-order chi connectivity index (χ0) is 18.0. The number of urea groups is 1. The Labute approximate surface area is 158 Å². The van der Waals surface area contributed by atoms with Crippen molar-refractivity contribution in [3.63, 3.8) is 0 Å². The SMILES string of the molecule is CN(C(=O)NC1CC1)c1snc(SCc2ccc(Cl)cc2)c1C(N)=O. The summed E-state index contributed by atoms with van der Waals surface area (Å²) in [5.74, 6) is 0.0342. The molecule has 132 valence electrons. The van der Waals surface area contributed by atoms with Gasteiger partial charge in [0.05, 0.1) is 0 Å². The molecule has 0 unspecified atom stereocenters. The number of aromatic nitrogens is 1. The second kappa shape index (κ2) is 7.63. The van der Waals surface area contributed by atoms with E-state index in [9.17, 15) is 9.59 Å². The summed E-state index contributed by atoms with van der Waals surface area (Å²) in [4.78, 5) is 25.5. The second-order valence-electron chi connectivity index (χ2n) is 5.73. The van der Waals surface area contributed by atoms with Gasteiger partial charge in [-0.2, -0.15) is 4.37 Å². The van der Waals surface area contributed by atoms with Crippen LogP contribution in [0.2, 0.25) is 5.02 Å². The Kier molecular flexibility index (Phi) is 5.51. The van der Waals surface area contributed by atoms with Crippen molar-refractivity contribution in [3.05, 3.63) is 40.4 Å². The third-order valence-electron chi connectivity index (χ3n) is 3.69. The standard InChI is InChI=1S/C16H17ClN4O2S2/c1-21(16(23)19-11-6-7-11)15-12(13(18)22)14(20-25-15)24-8-9-2-4-10(17)5-3-9/h2-5,11H,6-8H2,1H3,(H2,18,22)(H,19,23). The van der Waals surface area contributed by atoms with Gasteiger partial charge in [0.2, 0.25) is 0 Å². The summed E-state index contributed by atoms with van der Waals surface area (Å²) in [7, 11) is 1.62. The lowest BCUT2D eigenvalue weighted by atomic mass is 10.2. The predicted molar refractivity (Wildman–Crippen MR) is 102 cm³/mol. The summed E-state index contributed by atoms with van der Waals surface area (Å²) >= 11 is 8.39. The molecule has 3 N–H and O–H groups in total. The number of carbonyl (C=O) groups excluding carboxylic acids is 2. The molecule has 25 heavy (non-hydrogen) atoms. The largest absolute Gasteiger partial charge is 0.365 e. The molecule has 0 radical (unpaired) electrons. The molecule has 0 atom stereocenters. The van der Waals surface area contributed by atoms with Gasteiger partial charge in [0.15, 0.2) is 0 Å². The summed E-state index contributed by atoms with van der Waals surface area (Å²) in [5.41, 5.74) is 6.88. The zero-order valence-electron chi connectivity index (χ0n) is 13.5. The number of rotatable bonds is 6. The lowest BCUT2D eigenvalue weighted by Crippen LogP contribution is -2.38. The van der Waals surface area contributed by atoms with Crippen LogP contribution < -0.4 is 16.0 Å². The van der Waals surface area contributed by atoms with Crippen molar-refractivity contribution >= 4 is 51.8 Å². The Morgan fingerprint density at radius 2 is 2.08 bits per heavy atom. The average molecular weight is 397 g/mol. The monoisotopic (exact) mass is 396 g/mol. The fraction of sp³-hybridized carbons (Fsp3) is 0.312. The Hall–Kier alpha value is -1.77. The first kappa shape index (κ1) is 18.0. The third kappa shape index (κ3) is 4.45. The highest BCUT2D eigenvalue weighted by Crippen LogP contribution is 2.35. The van der Waals surface area contributed by atoms with E-state index in [1.165, 1.54) is 16.7 Å². The summed E-state index contributed by atoms with van der Waals surface area (Å²) in [6.45, 7) is 0. The van der Waals surface area contributed by atoms with Crippen molar-refractivity contribution in [2.75, 3.05) is 11.9 Å². The molecule has 2 aromatic rings. The topological polar surface area (TPSA) is 88.3 Å². The van der Waals surface area contributed by atoms with Crippen molar-refractivity contribution < 1.29 is 9.59 Å². The molecule has 1 aliphatic rings. The van der Waals surface area contributed by atoms with Crippen LogP contribution in [0.15, 0.2) is 29.3 Å². The van der Waals surface area contributed by atoms with Crippen LogP contribution in [0.25, 0.3) is 0 Å². The normalized spacial score (nSPS) is 13.5.